The largest absolute Gasteiger partial charge is 0.444 e. The van der Waals surface area contributed by atoms with Crippen molar-refractivity contribution in [3.05, 3.63) is 0 Å². The average molecular weight is 298 g/mol. The van der Waals surface area contributed by atoms with Gasteiger partial charge in [-0.3, -0.25) is 0 Å². The molecule has 2 N–H and O–H groups in total. The summed E-state index contributed by atoms with van der Waals surface area (Å²) in [5.41, 5.74) is -0.433. The summed E-state index contributed by atoms with van der Waals surface area (Å²) in [7, 11) is 0. The van der Waals surface area contributed by atoms with E-state index in [4.69, 9.17) is 4.74 Å². The van der Waals surface area contributed by atoms with Crippen molar-refractivity contribution in [3.8, 4) is 0 Å². The Bertz CT molecular complexity index is 306. The molecule has 0 saturated heterocycles. The first-order valence-corrected chi connectivity index (χ1v) is 8.51. The van der Waals surface area contributed by atoms with E-state index in [2.05, 4.69) is 17.6 Å². The number of hydrogen-bond donors (Lipinski definition) is 2. The lowest BCUT2D eigenvalue weighted by Gasteiger charge is -2.29. The van der Waals surface area contributed by atoms with Crippen molar-refractivity contribution in [2.45, 2.75) is 90.8 Å². The number of ether oxygens (including phenoxy) is 1. The highest BCUT2D eigenvalue weighted by Crippen LogP contribution is 2.26. The van der Waals surface area contributed by atoms with Crippen molar-refractivity contribution >= 4 is 6.09 Å². The van der Waals surface area contributed by atoms with Crippen LogP contribution in [-0.2, 0) is 4.74 Å². The Balaban J connectivity index is 2.14. The number of amides is 1. The van der Waals surface area contributed by atoms with Crippen molar-refractivity contribution in [3.63, 3.8) is 0 Å². The Morgan fingerprint density at radius 1 is 1.19 bits per heavy atom. The molecule has 0 aromatic carbocycles. The quantitative estimate of drug-likeness (QED) is 0.783. The molecule has 0 bridgehead atoms. The molecule has 0 heterocycles. The minimum absolute atomic E-state index is 0.130. The molecular weight excluding hydrogens is 264 g/mol. The van der Waals surface area contributed by atoms with E-state index in [9.17, 15) is 4.79 Å². The van der Waals surface area contributed by atoms with Gasteiger partial charge in [0.15, 0.2) is 0 Å². The zero-order valence-corrected chi connectivity index (χ0v) is 14.5. The second-order valence-corrected chi connectivity index (χ2v) is 7.48. The molecule has 2 unspecified atom stereocenters. The molecule has 4 nitrogen and oxygen atoms in total. The molecule has 21 heavy (non-hydrogen) atoms. The Morgan fingerprint density at radius 2 is 1.81 bits per heavy atom. The predicted molar refractivity (Wildman–Crippen MR) is 87.5 cm³/mol. The van der Waals surface area contributed by atoms with E-state index < -0.39 is 5.60 Å². The van der Waals surface area contributed by atoms with Crippen LogP contribution in [0.5, 0.6) is 0 Å². The van der Waals surface area contributed by atoms with Crippen molar-refractivity contribution in [2.75, 3.05) is 6.54 Å². The standard InChI is InChI=1S/C17H34N2O2/c1-13(19-16(20)21-17(3,4)5)11-12-18-14(2)15-9-7-6-8-10-15/h13-15,18H,6-12H2,1-5H3,(H,19,20). The summed E-state index contributed by atoms with van der Waals surface area (Å²) in [6.07, 6.45) is 7.49. The van der Waals surface area contributed by atoms with Crippen LogP contribution in [0.3, 0.4) is 0 Å². The fourth-order valence-electron chi connectivity index (χ4n) is 2.91. The third-order valence-electron chi connectivity index (χ3n) is 4.16. The maximum absolute atomic E-state index is 11.7. The molecule has 2 atom stereocenters. The van der Waals surface area contributed by atoms with Gasteiger partial charge in [0, 0.05) is 12.1 Å². The molecular formula is C17H34N2O2. The van der Waals surface area contributed by atoms with Crippen LogP contribution in [0.15, 0.2) is 0 Å². The predicted octanol–water partition coefficient (Wildman–Crippen LogP) is 3.85. The summed E-state index contributed by atoms with van der Waals surface area (Å²) in [5.74, 6) is 0.827. The van der Waals surface area contributed by atoms with Crippen LogP contribution in [0.1, 0.15) is 73.1 Å². The third kappa shape index (κ3) is 8.30. The van der Waals surface area contributed by atoms with Gasteiger partial charge in [0.2, 0.25) is 0 Å². The number of hydrogen-bond acceptors (Lipinski definition) is 3. The van der Waals surface area contributed by atoms with Crippen molar-refractivity contribution < 1.29 is 9.53 Å². The molecule has 0 spiro atoms. The lowest BCUT2D eigenvalue weighted by atomic mass is 9.84. The number of nitrogens with one attached hydrogen (secondary N) is 2. The van der Waals surface area contributed by atoms with E-state index in [1.165, 1.54) is 32.1 Å². The molecule has 4 heteroatoms. The Hall–Kier alpha value is -0.770. The van der Waals surface area contributed by atoms with Crippen LogP contribution in [-0.4, -0.2) is 30.3 Å². The Labute approximate surface area is 130 Å². The highest BCUT2D eigenvalue weighted by Gasteiger charge is 2.20. The summed E-state index contributed by atoms with van der Waals surface area (Å²) < 4.78 is 5.26. The van der Waals surface area contributed by atoms with Gasteiger partial charge < -0.3 is 15.4 Å². The van der Waals surface area contributed by atoms with E-state index in [-0.39, 0.29) is 12.1 Å². The molecule has 1 amide bonds. The van der Waals surface area contributed by atoms with Crippen LogP contribution in [0.4, 0.5) is 4.79 Å². The Morgan fingerprint density at radius 3 is 2.38 bits per heavy atom. The minimum atomic E-state index is -0.433. The normalized spacial score (nSPS) is 19.9. The van der Waals surface area contributed by atoms with Crippen LogP contribution < -0.4 is 10.6 Å². The lowest BCUT2D eigenvalue weighted by Crippen LogP contribution is -2.41. The molecule has 1 aliphatic rings. The maximum atomic E-state index is 11.7. The van der Waals surface area contributed by atoms with E-state index in [0.717, 1.165) is 18.9 Å². The fraction of sp³-hybridized carbons (Fsp3) is 0.941. The number of rotatable bonds is 6. The van der Waals surface area contributed by atoms with Crippen molar-refractivity contribution in [2.24, 2.45) is 5.92 Å². The first-order chi connectivity index (χ1) is 9.78. The first-order valence-electron chi connectivity index (χ1n) is 8.51. The molecule has 1 aliphatic carbocycles. The minimum Gasteiger partial charge on any atom is -0.444 e. The summed E-state index contributed by atoms with van der Waals surface area (Å²) in [6.45, 7) is 10.9. The van der Waals surface area contributed by atoms with Crippen LogP contribution in [0.2, 0.25) is 0 Å². The zero-order valence-electron chi connectivity index (χ0n) is 14.5. The summed E-state index contributed by atoms with van der Waals surface area (Å²) in [4.78, 5) is 11.7. The number of alkyl carbamates (subject to hydrolysis) is 1. The molecule has 0 radical (unpaired) electrons. The maximum Gasteiger partial charge on any atom is 0.407 e. The van der Waals surface area contributed by atoms with Crippen LogP contribution >= 0.6 is 0 Å². The van der Waals surface area contributed by atoms with E-state index >= 15 is 0 Å². The topological polar surface area (TPSA) is 50.4 Å². The second-order valence-electron chi connectivity index (χ2n) is 7.48. The van der Waals surface area contributed by atoms with Crippen molar-refractivity contribution in [1.29, 1.82) is 0 Å². The number of carbonyl (C=O) groups is 1. The van der Waals surface area contributed by atoms with Gasteiger partial charge in [-0.15, -0.1) is 0 Å². The monoisotopic (exact) mass is 298 g/mol. The Kier molecular flexibility index (Phi) is 7.50. The summed E-state index contributed by atoms with van der Waals surface area (Å²) in [5, 5.41) is 6.50. The molecule has 1 fully saturated rings. The van der Waals surface area contributed by atoms with E-state index in [1.54, 1.807) is 0 Å². The molecule has 0 aliphatic heterocycles. The van der Waals surface area contributed by atoms with E-state index in [0.29, 0.717) is 6.04 Å². The highest BCUT2D eigenvalue weighted by atomic mass is 16.6. The van der Waals surface area contributed by atoms with Crippen LogP contribution in [0, 0.1) is 5.92 Å². The van der Waals surface area contributed by atoms with Gasteiger partial charge in [0.25, 0.3) is 0 Å². The van der Waals surface area contributed by atoms with Crippen molar-refractivity contribution in [1.82, 2.24) is 10.6 Å². The van der Waals surface area contributed by atoms with Crippen LogP contribution in [0.25, 0.3) is 0 Å². The van der Waals surface area contributed by atoms with Gasteiger partial charge in [-0.2, -0.15) is 0 Å². The van der Waals surface area contributed by atoms with Gasteiger partial charge >= 0.3 is 6.09 Å². The first kappa shape index (κ1) is 18.3. The van der Waals surface area contributed by atoms with E-state index in [1.807, 2.05) is 27.7 Å². The smallest absolute Gasteiger partial charge is 0.407 e. The second kappa shape index (κ2) is 8.62. The number of carbonyl (C=O) groups excluding carboxylic acids is 1. The van der Waals surface area contributed by atoms with Gasteiger partial charge in [0.1, 0.15) is 5.60 Å². The molecule has 0 aromatic rings. The lowest BCUT2D eigenvalue weighted by molar-refractivity contribution is 0.0506. The summed E-state index contributed by atoms with van der Waals surface area (Å²) in [6, 6.07) is 0.713. The summed E-state index contributed by atoms with van der Waals surface area (Å²) >= 11 is 0. The van der Waals surface area contributed by atoms with Gasteiger partial charge in [-0.05, 0) is 66.3 Å². The SMILES string of the molecule is CC(CCNC(C)C1CCCCC1)NC(=O)OC(C)(C)C. The molecule has 1 saturated carbocycles. The van der Waals surface area contributed by atoms with Gasteiger partial charge in [-0.1, -0.05) is 19.3 Å². The van der Waals surface area contributed by atoms with Gasteiger partial charge in [-0.25, -0.2) is 4.79 Å². The molecule has 1 rings (SSSR count). The highest BCUT2D eigenvalue weighted by molar-refractivity contribution is 5.67. The molecule has 124 valence electrons. The fourth-order valence-corrected chi connectivity index (χ4v) is 2.91. The van der Waals surface area contributed by atoms with Gasteiger partial charge in [0.05, 0.1) is 0 Å². The average Bonchev–Trinajstić information content (AvgIpc) is 2.37. The zero-order chi connectivity index (χ0) is 15.9. The molecule has 0 aromatic heterocycles. The third-order valence-corrected chi connectivity index (χ3v) is 4.16.